The van der Waals surface area contributed by atoms with E-state index >= 15 is 0 Å². The van der Waals surface area contributed by atoms with Crippen molar-refractivity contribution in [3.05, 3.63) is 97.2 Å². The molecule has 0 N–H and O–H groups in total. The maximum atomic E-state index is 12.6. The van der Waals surface area contributed by atoms with Crippen LogP contribution in [0.1, 0.15) is 110 Å². The minimum Gasteiger partial charge on any atom is -0.544 e. The average Bonchev–Trinajstić information content (AvgIpc) is 3.09. The second kappa shape index (κ2) is 34.3. The lowest BCUT2D eigenvalue weighted by Gasteiger charge is -2.34. The fourth-order valence-corrected chi connectivity index (χ4v) is 4.80. The number of nitrogens with zero attached hydrogens (tertiary/aromatic N) is 1. The van der Waals surface area contributed by atoms with Crippen molar-refractivity contribution in [1.82, 2.24) is 0 Å². The molecular weight excluding hydrogens is 654 g/mol. The summed E-state index contributed by atoms with van der Waals surface area (Å²) < 4.78 is 16.9. The summed E-state index contributed by atoms with van der Waals surface area (Å²) in [5.74, 6) is -1.95. The SMILES string of the molecule is CC/C=C/C/C=C/C/C=C/C/C=C/C/C=C/CCCCCC(=O)OC(COCCC(C(=O)[O-])[N+](C)(C)C)COC(=O)C/C=C/C/C=C/C/C=C/CC. The Morgan fingerprint density at radius 1 is 0.596 bits per heavy atom. The minimum atomic E-state index is -1.15. The molecule has 0 spiro atoms. The van der Waals surface area contributed by atoms with E-state index in [0.717, 1.165) is 70.6 Å². The number of carboxylic acids is 1. The monoisotopic (exact) mass is 724 g/mol. The van der Waals surface area contributed by atoms with Gasteiger partial charge in [0.15, 0.2) is 6.10 Å². The Kier molecular flexibility index (Phi) is 31.9. The summed E-state index contributed by atoms with van der Waals surface area (Å²) in [6.07, 6.45) is 44.8. The maximum absolute atomic E-state index is 12.6. The summed E-state index contributed by atoms with van der Waals surface area (Å²) in [4.78, 5) is 36.5. The first kappa shape index (κ1) is 48.2. The maximum Gasteiger partial charge on any atom is 0.309 e. The van der Waals surface area contributed by atoms with Crippen molar-refractivity contribution >= 4 is 17.9 Å². The lowest BCUT2D eigenvalue weighted by atomic mass is 10.1. The second-order valence-electron chi connectivity index (χ2n) is 13.4. The third-order valence-electron chi connectivity index (χ3n) is 7.75. The van der Waals surface area contributed by atoms with Crippen LogP contribution < -0.4 is 5.11 Å². The quantitative estimate of drug-likeness (QED) is 0.0297. The molecular formula is C44H69NO7. The third-order valence-corrected chi connectivity index (χ3v) is 7.75. The molecule has 0 radical (unpaired) electrons. The molecule has 0 rings (SSSR count). The highest BCUT2D eigenvalue weighted by molar-refractivity contribution is 5.71. The van der Waals surface area contributed by atoms with Gasteiger partial charge in [0.1, 0.15) is 12.6 Å². The Balaban J connectivity index is 4.54. The number of esters is 2. The number of aliphatic carboxylic acids is 1. The van der Waals surface area contributed by atoms with Crippen LogP contribution in [0.4, 0.5) is 0 Å². The van der Waals surface area contributed by atoms with Crippen LogP contribution in [0.3, 0.4) is 0 Å². The molecule has 0 aliphatic carbocycles. The molecule has 8 nitrogen and oxygen atoms in total. The van der Waals surface area contributed by atoms with Gasteiger partial charge in [-0.3, -0.25) is 9.59 Å². The molecule has 0 bridgehead atoms. The van der Waals surface area contributed by atoms with Gasteiger partial charge in [-0.1, -0.05) is 117 Å². The lowest BCUT2D eigenvalue weighted by molar-refractivity contribution is -0.889. The number of carbonyl (C=O) groups excluding carboxylic acids is 3. The zero-order valence-corrected chi connectivity index (χ0v) is 32.9. The van der Waals surface area contributed by atoms with Gasteiger partial charge in [0.05, 0.1) is 46.7 Å². The van der Waals surface area contributed by atoms with Crippen molar-refractivity contribution in [2.45, 2.75) is 122 Å². The van der Waals surface area contributed by atoms with Crippen molar-refractivity contribution < 1.29 is 38.2 Å². The van der Waals surface area contributed by atoms with Gasteiger partial charge in [0, 0.05) is 12.8 Å². The van der Waals surface area contributed by atoms with Crippen LogP contribution in [-0.4, -0.2) is 75.5 Å². The van der Waals surface area contributed by atoms with Crippen LogP contribution in [0.25, 0.3) is 0 Å². The molecule has 292 valence electrons. The molecule has 8 heteroatoms. The van der Waals surface area contributed by atoms with Crippen molar-refractivity contribution in [2.24, 2.45) is 0 Å². The number of carboxylic acid groups (broad SMARTS) is 1. The Morgan fingerprint density at radius 3 is 1.56 bits per heavy atom. The summed E-state index contributed by atoms with van der Waals surface area (Å²) in [6.45, 7) is 4.23. The standard InChI is InChI=1S/C44H69NO7/c1-6-8-10-12-14-16-17-18-19-20-21-22-23-24-25-27-29-31-33-35-43(47)52-40(38-50-37-36-41(44(48)49)45(3,4)5)39-51-42(46)34-32-30-28-26-15-13-11-9-7-2/h8-11,14-16,18-19,21-22,24-26,30,32,40-41H,6-7,12-13,17,20,23,27-29,31,33-39H2,1-5H3/b10-8+,11-9+,16-14+,19-18+,22-21+,25-24+,26-15+,32-30+. The van der Waals surface area contributed by atoms with Crippen LogP contribution in [0.2, 0.25) is 0 Å². The van der Waals surface area contributed by atoms with Crippen molar-refractivity contribution in [2.75, 3.05) is 41.0 Å². The Labute approximate surface area is 316 Å². The Bertz CT molecular complexity index is 1170. The number of carbonyl (C=O) groups is 3. The molecule has 0 aromatic carbocycles. The number of rotatable bonds is 32. The van der Waals surface area contributed by atoms with E-state index in [1.165, 1.54) is 0 Å². The molecule has 52 heavy (non-hydrogen) atoms. The van der Waals surface area contributed by atoms with Gasteiger partial charge in [0.25, 0.3) is 0 Å². The highest BCUT2D eigenvalue weighted by Gasteiger charge is 2.25. The molecule has 0 aromatic heterocycles. The molecule has 0 aliphatic rings. The molecule has 0 aliphatic heterocycles. The zero-order chi connectivity index (χ0) is 38.5. The largest absolute Gasteiger partial charge is 0.544 e. The summed E-state index contributed by atoms with van der Waals surface area (Å²) >= 11 is 0. The fourth-order valence-electron chi connectivity index (χ4n) is 4.80. The Morgan fingerprint density at radius 2 is 1.08 bits per heavy atom. The second-order valence-corrected chi connectivity index (χ2v) is 13.4. The number of unbranched alkanes of at least 4 members (excludes halogenated alkanes) is 3. The highest BCUT2D eigenvalue weighted by atomic mass is 16.6. The van der Waals surface area contributed by atoms with Crippen LogP contribution in [0, 0.1) is 0 Å². The predicted octanol–water partition coefficient (Wildman–Crippen LogP) is 8.62. The number of allylic oxidation sites excluding steroid dienone is 15. The lowest BCUT2D eigenvalue weighted by Crippen LogP contribution is -2.55. The van der Waals surface area contributed by atoms with Crippen molar-refractivity contribution in [1.29, 1.82) is 0 Å². The smallest absolute Gasteiger partial charge is 0.309 e. The summed E-state index contributed by atoms with van der Waals surface area (Å²) in [6, 6.07) is -0.747. The van der Waals surface area contributed by atoms with E-state index in [4.69, 9.17) is 14.2 Å². The van der Waals surface area contributed by atoms with Gasteiger partial charge < -0.3 is 28.6 Å². The molecule has 0 heterocycles. The number of hydrogen-bond donors (Lipinski definition) is 0. The van der Waals surface area contributed by atoms with Gasteiger partial charge >= 0.3 is 11.9 Å². The molecule has 0 amide bonds. The third kappa shape index (κ3) is 32.2. The van der Waals surface area contributed by atoms with E-state index in [0.29, 0.717) is 6.42 Å². The van der Waals surface area contributed by atoms with Gasteiger partial charge in [-0.2, -0.15) is 0 Å². The number of likely N-dealkylation sites (N-methyl/N-ethyl adjacent to an activating group) is 1. The zero-order valence-electron chi connectivity index (χ0n) is 32.9. The number of hydrogen-bond acceptors (Lipinski definition) is 7. The number of quaternary nitrogens is 1. The van der Waals surface area contributed by atoms with Crippen LogP contribution in [0.15, 0.2) is 97.2 Å². The topological polar surface area (TPSA) is 102 Å². The van der Waals surface area contributed by atoms with Gasteiger partial charge in [0.2, 0.25) is 0 Å². The fraction of sp³-hybridized carbons (Fsp3) is 0.568. The first-order valence-electron chi connectivity index (χ1n) is 19.3. The molecule has 0 saturated carbocycles. The normalized spacial score (nSPS) is 14.1. The van der Waals surface area contributed by atoms with Crippen molar-refractivity contribution in [3.8, 4) is 0 Å². The molecule has 0 aromatic rings. The predicted molar refractivity (Wildman–Crippen MR) is 212 cm³/mol. The Hall–Kier alpha value is -3.75. The van der Waals surface area contributed by atoms with E-state index in [-0.39, 0.29) is 49.5 Å². The van der Waals surface area contributed by atoms with E-state index in [2.05, 4.69) is 92.8 Å². The minimum absolute atomic E-state index is 0.00683. The van der Waals surface area contributed by atoms with E-state index in [1.54, 1.807) is 27.2 Å². The van der Waals surface area contributed by atoms with Crippen LogP contribution in [-0.2, 0) is 28.6 Å². The van der Waals surface area contributed by atoms with Gasteiger partial charge in [-0.05, 0) is 70.6 Å². The summed E-state index contributed by atoms with van der Waals surface area (Å²) in [5, 5.41) is 11.6. The first-order valence-corrected chi connectivity index (χ1v) is 19.3. The van der Waals surface area contributed by atoms with Crippen LogP contribution in [0.5, 0.6) is 0 Å². The van der Waals surface area contributed by atoms with E-state index < -0.39 is 24.1 Å². The molecule has 0 saturated heterocycles. The first-order chi connectivity index (χ1) is 25.1. The van der Waals surface area contributed by atoms with E-state index in [1.807, 2.05) is 12.2 Å². The van der Waals surface area contributed by atoms with Gasteiger partial charge in [-0.25, -0.2) is 0 Å². The summed E-state index contributed by atoms with van der Waals surface area (Å²) in [5.41, 5.74) is 0. The van der Waals surface area contributed by atoms with Crippen LogP contribution >= 0.6 is 0 Å². The van der Waals surface area contributed by atoms with E-state index in [9.17, 15) is 19.5 Å². The molecule has 2 unspecified atom stereocenters. The molecule has 2 atom stereocenters. The highest BCUT2D eigenvalue weighted by Crippen LogP contribution is 2.10. The average molecular weight is 724 g/mol. The summed E-state index contributed by atoms with van der Waals surface area (Å²) in [7, 11) is 5.34. The van der Waals surface area contributed by atoms with Gasteiger partial charge in [-0.15, -0.1) is 0 Å². The molecule has 0 fully saturated rings. The number of ether oxygens (including phenoxy) is 3. The van der Waals surface area contributed by atoms with Crippen molar-refractivity contribution in [3.63, 3.8) is 0 Å².